The number of hydrogen-bond acceptors (Lipinski definition) is 3. The fourth-order valence-corrected chi connectivity index (χ4v) is 2.22. The van der Waals surface area contributed by atoms with Crippen LogP contribution in [0.3, 0.4) is 0 Å². The second-order valence-electron chi connectivity index (χ2n) is 4.41. The van der Waals surface area contributed by atoms with Gasteiger partial charge in [0.15, 0.2) is 0 Å². The fraction of sp³-hybridized carbons (Fsp3) is 0.333. The Kier molecular flexibility index (Phi) is 2.41. The van der Waals surface area contributed by atoms with Gasteiger partial charge in [-0.2, -0.15) is 0 Å². The van der Waals surface area contributed by atoms with Crippen molar-refractivity contribution in [2.75, 3.05) is 0 Å². The minimum atomic E-state index is -0.750. The number of hydrogen-bond donors (Lipinski definition) is 0. The Labute approximate surface area is 102 Å². The van der Waals surface area contributed by atoms with Crippen LogP contribution in [0, 0.1) is 11.6 Å². The molecule has 1 saturated heterocycles. The van der Waals surface area contributed by atoms with Gasteiger partial charge in [0.25, 0.3) is 0 Å². The normalized spacial score (nSPS) is 26.3. The maximum Gasteiger partial charge on any atom is 0.140 e. The topological polar surface area (TPSA) is 43.2 Å². The van der Waals surface area contributed by atoms with E-state index in [1.807, 2.05) is 6.92 Å². The van der Waals surface area contributed by atoms with Gasteiger partial charge in [-0.15, -0.1) is 10.2 Å². The zero-order chi connectivity index (χ0) is 12.8. The Morgan fingerprint density at radius 2 is 2.00 bits per heavy atom. The monoisotopic (exact) mass is 251 g/mol. The molecule has 1 fully saturated rings. The lowest BCUT2D eigenvalue weighted by Gasteiger charge is -2.14. The van der Waals surface area contributed by atoms with Gasteiger partial charge in [-0.3, -0.25) is 0 Å². The summed E-state index contributed by atoms with van der Waals surface area (Å²) >= 11 is 0. The van der Waals surface area contributed by atoms with Gasteiger partial charge in [0, 0.05) is 11.6 Å². The summed E-state index contributed by atoms with van der Waals surface area (Å²) in [4.78, 5) is 0. The van der Waals surface area contributed by atoms with Crippen LogP contribution in [0.15, 0.2) is 30.9 Å². The van der Waals surface area contributed by atoms with E-state index in [1.54, 1.807) is 4.57 Å². The second-order valence-corrected chi connectivity index (χ2v) is 4.41. The van der Waals surface area contributed by atoms with E-state index < -0.39 is 17.2 Å². The summed E-state index contributed by atoms with van der Waals surface area (Å²) in [5.74, 6) is -1.18. The average Bonchev–Trinajstić information content (AvgIpc) is 2.75. The molecular weight excluding hydrogens is 240 g/mol. The number of ether oxygens (including phenoxy) is 1. The highest BCUT2D eigenvalue weighted by atomic mass is 19.1. The first kappa shape index (κ1) is 11.3. The lowest BCUT2D eigenvalue weighted by atomic mass is 9.95. The van der Waals surface area contributed by atoms with Crippen LogP contribution < -0.4 is 0 Å². The third-order valence-electron chi connectivity index (χ3n) is 3.26. The van der Waals surface area contributed by atoms with E-state index in [0.29, 0.717) is 12.1 Å². The van der Waals surface area contributed by atoms with Crippen molar-refractivity contribution in [1.29, 1.82) is 0 Å². The minimum Gasteiger partial charge on any atom is -0.359 e. The number of benzene rings is 1. The molecule has 18 heavy (non-hydrogen) atoms. The maximum absolute atomic E-state index is 13.8. The molecule has 0 unspecified atom stereocenters. The van der Waals surface area contributed by atoms with Crippen LogP contribution in [0.25, 0.3) is 0 Å². The van der Waals surface area contributed by atoms with Crippen molar-refractivity contribution >= 4 is 0 Å². The summed E-state index contributed by atoms with van der Waals surface area (Å²) < 4.78 is 34.0. The number of epoxide rings is 1. The third-order valence-corrected chi connectivity index (χ3v) is 3.26. The molecule has 2 heterocycles. The largest absolute Gasteiger partial charge is 0.359 e. The van der Waals surface area contributed by atoms with E-state index in [0.717, 1.165) is 6.07 Å². The number of nitrogens with zero attached hydrogens (tertiary/aromatic N) is 3. The molecule has 6 heteroatoms. The van der Waals surface area contributed by atoms with Crippen molar-refractivity contribution in [1.82, 2.24) is 14.8 Å². The molecule has 0 spiro atoms. The molecule has 1 aromatic heterocycles. The zero-order valence-electron chi connectivity index (χ0n) is 9.68. The van der Waals surface area contributed by atoms with Crippen LogP contribution in [0.4, 0.5) is 8.78 Å². The first-order valence-electron chi connectivity index (χ1n) is 5.57. The quantitative estimate of drug-likeness (QED) is 0.782. The Morgan fingerprint density at radius 1 is 1.33 bits per heavy atom. The van der Waals surface area contributed by atoms with Crippen LogP contribution in [-0.2, 0) is 16.9 Å². The third kappa shape index (κ3) is 1.69. The first-order valence-corrected chi connectivity index (χ1v) is 5.57. The van der Waals surface area contributed by atoms with E-state index in [9.17, 15) is 8.78 Å². The van der Waals surface area contributed by atoms with Crippen LogP contribution >= 0.6 is 0 Å². The molecule has 0 bridgehead atoms. The Hall–Kier alpha value is -1.82. The van der Waals surface area contributed by atoms with E-state index in [2.05, 4.69) is 10.2 Å². The van der Waals surface area contributed by atoms with Gasteiger partial charge >= 0.3 is 0 Å². The van der Waals surface area contributed by atoms with Gasteiger partial charge in [0.05, 0.1) is 12.6 Å². The van der Waals surface area contributed by atoms with E-state index in [-0.39, 0.29) is 6.10 Å². The average molecular weight is 251 g/mol. The highest BCUT2D eigenvalue weighted by Crippen LogP contribution is 2.48. The molecule has 0 N–H and O–H groups in total. The molecule has 1 aliphatic rings. The van der Waals surface area contributed by atoms with E-state index >= 15 is 0 Å². The molecule has 3 rings (SSSR count). The molecule has 1 aliphatic heterocycles. The van der Waals surface area contributed by atoms with Gasteiger partial charge in [0.2, 0.25) is 0 Å². The Bertz CT molecular complexity index is 573. The molecule has 0 aliphatic carbocycles. The summed E-state index contributed by atoms with van der Waals surface area (Å²) in [6, 6.07) is 3.54. The Balaban J connectivity index is 1.97. The van der Waals surface area contributed by atoms with Gasteiger partial charge in [0.1, 0.15) is 29.9 Å². The van der Waals surface area contributed by atoms with Crippen molar-refractivity contribution < 1.29 is 13.5 Å². The van der Waals surface area contributed by atoms with Gasteiger partial charge in [-0.25, -0.2) is 8.78 Å². The highest BCUT2D eigenvalue weighted by Gasteiger charge is 2.56. The maximum atomic E-state index is 13.8. The van der Waals surface area contributed by atoms with E-state index in [1.165, 1.54) is 24.8 Å². The van der Waals surface area contributed by atoms with Gasteiger partial charge in [-0.05, 0) is 13.0 Å². The summed E-state index contributed by atoms with van der Waals surface area (Å²) in [7, 11) is 0. The lowest BCUT2D eigenvalue weighted by Crippen LogP contribution is -2.21. The molecule has 4 nitrogen and oxygen atoms in total. The van der Waals surface area contributed by atoms with Gasteiger partial charge < -0.3 is 9.30 Å². The molecule has 0 amide bonds. The Morgan fingerprint density at radius 3 is 2.56 bits per heavy atom. The van der Waals surface area contributed by atoms with Crippen LogP contribution in [-0.4, -0.2) is 20.9 Å². The highest BCUT2D eigenvalue weighted by molar-refractivity contribution is 5.31. The smallest absolute Gasteiger partial charge is 0.140 e. The summed E-state index contributed by atoms with van der Waals surface area (Å²) in [6.45, 7) is 2.26. The second kappa shape index (κ2) is 3.84. The summed E-state index contributed by atoms with van der Waals surface area (Å²) in [5, 5.41) is 7.39. The zero-order valence-corrected chi connectivity index (χ0v) is 9.68. The summed E-state index contributed by atoms with van der Waals surface area (Å²) in [6.07, 6.45) is 2.95. The SMILES string of the molecule is C[C@@H]1O[C@@]1(Cn1cnnc1)c1ccc(F)cc1F. The predicted octanol–water partition coefficient (Wildman–Crippen LogP) is 1.87. The number of halogens is 2. The molecule has 0 saturated carbocycles. The molecule has 94 valence electrons. The lowest BCUT2D eigenvalue weighted by molar-refractivity contribution is 0.264. The van der Waals surface area contributed by atoms with Gasteiger partial charge in [-0.1, -0.05) is 6.07 Å². The predicted molar refractivity (Wildman–Crippen MR) is 58.6 cm³/mol. The van der Waals surface area contributed by atoms with Crippen molar-refractivity contribution in [2.45, 2.75) is 25.2 Å². The minimum absolute atomic E-state index is 0.125. The van der Waals surface area contributed by atoms with Crippen molar-refractivity contribution in [3.05, 3.63) is 48.1 Å². The van der Waals surface area contributed by atoms with Crippen molar-refractivity contribution in [2.24, 2.45) is 0 Å². The molecule has 2 atom stereocenters. The van der Waals surface area contributed by atoms with Crippen LogP contribution in [0.5, 0.6) is 0 Å². The number of aromatic nitrogens is 3. The van der Waals surface area contributed by atoms with Crippen LogP contribution in [0.2, 0.25) is 0 Å². The van der Waals surface area contributed by atoms with Crippen molar-refractivity contribution in [3.8, 4) is 0 Å². The molecule has 1 aromatic carbocycles. The van der Waals surface area contributed by atoms with Crippen LogP contribution in [0.1, 0.15) is 12.5 Å². The summed E-state index contributed by atoms with van der Waals surface area (Å²) in [5.41, 5.74) is -0.384. The standard InChI is InChI=1S/C12H11F2N3O/c1-8-12(18-8,5-17-6-15-16-7-17)10-3-2-9(13)4-11(10)14/h2-4,6-8H,5H2,1H3/t8-,12+/m0/s1. The first-order chi connectivity index (χ1) is 8.62. The van der Waals surface area contributed by atoms with Crippen molar-refractivity contribution in [3.63, 3.8) is 0 Å². The molecule has 0 radical (unpaired) electrons. The fourth-order valence-electron chi connectivity index (χ4n) is 2.22. The molecular formula is C12H11F2N3O. The van der Waals surface area contributed by atoms with E-state index in [4.69, 9.17) is 4.74 Å². The number of rotatable bonds is 3. The molecule has 2 aromatic rings.